The van der Waals surface area contributed by atoms with Crippen LogP contribution in [0.3, 0.4) is 0 Å². The maximum atomic E-state index is 13.3. The van der Waals surface area contributed by atoms with Crippen molar-refractivity contribution in [1.82, 2.24) is 5.32 Å². The van der Waals surface area contributed by atoms with E-state index in [9.17, 15) is 9.50 Å². The SMILES string of the molecule is OC1CC2(CCNC2)Oc2c(Br)cc(F)cc21. The number of aliphatic hydroxyl groups excluding tert-OH is 1. The van der Waals surface area contributed by atoms with Crippen LogP contribution in [0.5, 0.6) is 5.75 Å². The summed E-state index contributed by atoms with van der Waals surface area (Å²) in [6.45, 7) is 1.62. The highest BCUT2D eigenvalue weighted by Crippen LogP contribution is 2.45. The predicted octanol–water partition coefficient (Wildman–Crippen LogP) is 2.14. The molecule has 5 heteroatoms. The molecular formula is C12H13BrFNO2. The second kappa shape index (κ2) is 3.93. The van der Waals surface area contributed by atoms with E-state index in [0.29, 0.717) is 22.2 Å². The molecule has 2 heterocycles. The maximum absolute atomic E-state index is 13.3. The Bertz CT molecular complexity index is 460. The third-order valence-corrected chi connectivity index (χ3v) is 4.07. The molecule has 1 fully saturated rings. The lowest BCUT2D eigenvalue weighted by Gasteiger charge is -2.38. The molecule has 0 saturated carbocycles. The average Bonchev–Trinajstić information content (AvgIpc) is 2.69. The van der Waals surface area contributed by atoms with E-state index in [-0.39, 0.29) is 11.4 Å². The van der Waals surface area contributed by atoms with Crippen LogP contribution >= 0.6 is 15.9 Å². The number of halogens is 2. The second-order valence-corrected chi connectivity index (χ2v) is 5.59. The van der Waals surface area contributed by atoms with Crippen molar-refractivity contribution < 1.29 is 14.2 Å². The molecule has 2 aliphatic rings. The number of hydrogen-bond acceptors (Lipinski definition) is 3. The van der Waals surface area contributed by atoms with E-state index < -0.39 is 6.10 Å². The molecule has 2 unspecified atom stereocenters. The van der Waals surface area contributed by atoms with Crippen LogP contribution in [0.15, 0.2) is 16.6 Å². The highest BCUT2D eigenvalue weighted by Gasteiger charge is 2.43. The van der Waals surface area contributed by atoms with E-state index in [4.69, 9.17) is 4.74 Å². The van der Waals surface area contributed by atoms with Gasteiger partial charge >= 0.3 is 0 Å². The first-order valence-corrected chi connectivity index (χ1v) is 6.46. The molecule has 0 bridgehead atoms. The number of nitrogens with one attached hydrogen (secondary N) is 1. The second-order valence-electron chi connectivity index (χ2n) is 4.74. The van der Waals surface area contributed by atoms with Crippen LogP contribution < -0.4 is 10.1 Å². The van der Waals surface area contributed by atoms with Gasteiger partial charge in [0.25, 0.3) is 0 Å². The third-order valence-electron chi connectivity index (χ3n) is 3.48. The molecule has 0 aromatic heterocycles. The smallest absolute Gasteiger partial charge is 0.140 e. The summed E-state index contributed by atoms with van der Waals surface area (Å²) in [5.74, 6) is 0.215. The van der Waals surface area contributed by atoms with Gasteiger partial charge in [-0.05, 0) is 34.6 Å². The minimum atomic E-state index is -0.661. The van der Waals surface area contributed by atoms with Gasteiger partial charge in [0.15, 0.2) is 0 Å². The predicted molar refractivity (Wildman–Crippen MR) is 64.5 cm³/mol. The Kier molecular flexibility index (Phi) is 2.65. The van der Waals surface area contributed by atoms with Gasteiger partial charge < -0.3 is 15.2 Å². The lowest BCUT2D eigenvalue weighted by Crippen LogP contribution is -2.43. The molecule has 1 saturated heterocycles. The van der Waals surface area contributed by atoms with Gasteiger partial charge in [-0.25, -0.2) is 4.39 Å². The maximum Gasteiger partial charge on any atom is 0.140 e. The van der Waals surface area contributed by atoms with Crippen LogP contribution in [-0.4, -0.2) is 23.8 Å². The van der Waals surface area contributed by atoms with E-state index in [2.05, 4.69) is 21.2 Å². The van der Waals surface area contributed by atoms with Gasteiger partial charge in [-0.1, -0.05) is 0 Å². The molecule has 2 atom stereocenters. The zero-order chi connectivity index (χ0) is 12.0. The summed E-state index contributed by atoms with van der Waals surface area (Å²) in [4.78, 5) is 0. The molecular weight excluding hydrogens is 289 g/mol. The van der Waals surface area contributed by atoms with Crippen LogP contribution in [0.25, 0.3) is 0 Å². The zero-order valence-electron chi connectivity index (χ0n) is 9.17. The largest absolute Gasteiger partial charge is 0.484 e. The van der Waals surface area contributed by atoms with Crippen molar-refractivity contribution in [3.63, 3.8) is 0 Å². The van der Waals surface area contributed by atoms with E-state index in [1.807, 2.05) is 0 Å². The first-order valence-electron chi connectivity index (χ1n) is 5.66. The highest BCUT2D eigenvalue weighted by molar-refractivity contribution is 9.10. The quantitative estimate of drug-likeness (QED) is 0.771. The van der Waals surface area contributed by atoms with Gasteiger partial charge in [0.2, 0.25) is 0 Å². The Balaban J connectivity index is 2.06. The molecule has 0 aliphatic carbocycles. The minimum Gasteiger partial charge on any atom is -0.484 e. The molecule has 92 valence electrons. The summed E-state index contributed by atoms with van der Waals surface area (Å²) in [6, 6.07) is 2.72. The zero-order valence-corrected chi connectivity index (χ0v) is 10.8. The lowest BCUT2D eigenvalue weighted by molar-refractivity contribution is -0.00126. The van der Waals surface area contributed by atoms with Crippen LogP contribution in [-0.2, 0) is 0 Å². The van der Waals surface area contributed by atoms with E-state index in [0.717, 1.165) is 19.5 Å². The average molecular weight is 302 g/mol. The Morgan fingerprint density at radius 1 is 1.53 bits per heavy atom. The number of fused-ring (bicyclic) bond motifs is 1. The van der Waals surface area contributed by atoms with Crippen molar-refractivity contribution in [2.75, 3.05) is 13.1 Å². The van der Waals surface area contributed by atoms with Crippen LogP contribution in [0.2, 0.25) is 0 Å². The van der Waals surface area contributed by atoms with Crippen LogP contribution in [0, 0.1) is 5.82 Å². The summed E-state index contributed by atoms with van der Waals surface area (Å²) < 4.78 is 19.9. The van der Waals surface area contributed by atoms with Crippen molar-refractivity contribution in [1.29, 1.82) is 0 Å². The molecule has 0 radical (unpaired) electrons. The number of aliphatic hydroxyl groups is 1. The molecule has 1 aromatic rings. The van der Waals surface area contributed by atoms with Gasteiger partial charge in [0, 0.05) is 24.9 Å². The minimum absolute atomic E-state index is 0.341. The van der Waals surface area contributed by atoms with E-state index in [1.165, 1.54) is 12.1 Å². The molecule has 1 spiro atoms. The van der Waals surface area contributed by atoms with Crippen molar-refractivity contribution in [3.8, 4) is 5.75 Å². The van der Waals surface area contributed by atoms with Gasteiger partial charge in [-0.15, -0.1) is 0 Å². The Labute approximate surface area is 107 Å². The molecule has 17 heavy (non-hydrogen) atoms. The molecule has 2 aliphatic heterocycles. The molecule has 2 N–H and O–H groups in total. The lowest BCUT2D eigenvalue weighted by atomic mass is 9.88. The van der Waals surface area contributed by atoms with Gasteiger partial charge in [0.1, 0.15) is 17.2 Å². The summed E-state index contributed by atoms with van der Waals surface area (Å²) in [5, 5.41) is 13.4. The van der Waals surface area contributed by atoms with E-state index in [1.54, 1.807) is 0 Å². The fourth-order valence-corrected chi connectivity index (χ4v) is 3.17. The van der Waals surface area contributed by atoms with Crippen LogP contribution in [0.4, 0.5) is 4.39 Å². The van der Waals surface area contributed by atoms with Crippen molar-refractivity contribution >= 4 is 15.9 Å². The first-order chi connectivity index (χ1) is 8.10. The summed E-state index contributed by atoms with van der Waals surface area (Å²) in [6.07, 6.45) is 0.724. The molecule has 1 aromatic carbocycles. The van der Waals surface area contributed by atoms with Crippen LogP contribution in [0.1, 0.15) is 24.5 Å². The Hall–Kier alpha value is -0.650. The Morgan fingerprint density at radius 3 is 3.06 bits per heavy atom. The summed E-state index contributed by atoms with van der Waals surface area (Å²) in [5.41, 5.74) is 0.196. The topological polar surface area (TPSA) is 41.5 Å². The van der Waals surface area contributed by atoms with Crippen molar-refractivity contribution in [2.24, 2.45) is 0 Å². The number of rotatable bonds is 0. The molecule has 3 rings (SSSR count). The Morgan fingerprint density at radius 2 is 2.35 bits per heavy atom. The third kappa shape index (κ3) is 1.86. The number of ether oxygens (including phenoxy) is 1. The monoisotopic (exact) mass is 301 g/mol. The standard InChI is InChI=1S/C12H13BrFNO2/c13-9-4-7(14)3-8-10(16)5-12(17-11(8)9)1-2-15-6-12/h3-4,10,15-16H,1-2,5-6H2. The molecule has 0 amide bonds. The molecule has 3 nitrogen and oxygen atoms in total. The van der Waals surface area contributed by atoms with Gasteiger partial charge in [0.05, 0.1) is 10.6 Å². The highest BCUT2D eigenvalue weighted by atomic mass is 79.9. The fourth-order valence-electron chi connectivity index (χ4n) is 2.64. The summed E-state index contributed by atoms with van der Waals surface area (Å²) in [7, 11) is 0. The number of benzene rings is 1. The fraction of sp³-hybridized carbons (Fsp3) is 0.500. The first kappa shape index (κ1) is 11.4. The summed E-state index contributed by atoms with van der Waals surface area (Å²) >= 11 is 3.29. The van der Waals surface area contributed by atoms with Gasteiger partial charge in [-0.2, -0.15) is 0 Å². The van der Waals surface area contributed by atoms with E-state index >= 15 is 0 Å². The number of hydrogen-bond donors (Lipinski definition) is 2. The normalized spacial score (nSPS) is 31.4. The van der Waals surface area contributed by atoms with Gasteiger partial charge in [-0.3, -0.25) is 0 Å². The van der Waals surface area contributed by atoms with Crippen molar-refractivity contribution in [3.05, 3.63) is 28.0 Å². The van der Waals surface area contributed by atoms with Crippen molar-refractivity contribution in [2.45, 2.75) is 24.5 Å².